The number of rotatable bonds is 5. The Labute approximate surface area is 112 Å². The lowest BCUT2D eigenvalue weighted by molar-refractivity contribution is 0.447. The molecule has 0 aliphatic rings. The summed E-state index contributed by atoms with van der Waals surface area (Å²) < 4.78 is 12.9. The maximum atomic E-state index is 12.9. The van der Waals surface area contributed by atoms with E-state index in [4.69, 9.17) is 0 Å². The summed E-state index contributed by atoms with van der Waals surface area (Å²) >= 11 is 0. The van der Waals surface area contributed by atoms with E-state index < -0.39 is 5.82 Å². The zero-order valence-electron chi connectivity index (χ0n) is 10.9. The van der Waals surface area contributed by atoms with Crippen molar-refractivity contribution in [3.05, 3.63) is 65.5 Å². The minimum Gasteiger partial charge on any atom is -0.508 e. The zero-order chi connectivity index (χ0) is 13.7. The van der Waals surface area contributed by atoms with Crippen molar-refractivity contribution < 1.29 is 9.50 Å². The van der Waals surface area contributed by atoms with Gasteiger partial charge in [0.2, 0.25) is 0 Å². The van der Waals surface area contributed by atoms with Crippen molar-refractivity contribution in [2.45, 2.75) is 19.4 Å². The molecule has 2 rings (SSSR count). The molecule has 1 unspecified atom stereocenters. The van der Waals surface area contributed by atoms with Crippen molar-refractivity contribution >= 4 is 0 Å². The van der Waals surface area contributed by atoms with Crippen LogP contribution in [0.15, 0.2) is 48.5 Å². The van der Waals surface area contributed by atoms with Crippen LogP contribution in [0.5, 0.6) is 5.75 Å². The number of halogens is 1. The molecule has 2 aromatic carbocycles. The monoisotopic (exact) mass is 259 g/mol. The molecule has 100 valence electrons. The van der Waals surface area contributed by atoms with Crippen molar-refractivity contribution in [2.75, 3.05) is 6.54 Å². The van der Waals surface area contributed by atoms with Gasteiger partial charge in [-0.05, 0) is 31.5 Å². The predicted octanol–water partition coefficient (Wildman–Crippen LogP) is 3.42. The minimum atomic E-state index is -0.419. The van der Waals surface area contributed by atoms with E-state index in [1.807, 2.05) is 25.1 Å². The van der Waals surface area contributed by atoms with Gasteiger partial charge in [0.1, 0.15) is 11.6 Å². The summed E-state index contributed by atoms with van der Waals surface area (Å²) in [5.74, 6) is -0.419. The Morgan fingerprint density at radius 2 is 1.89 bits per heavy atom. The number of hydrogen-bond acceptors (Lipinski definition) is 2. The smallest absolute Gasteiger partial charge is 0.126 e. The van der Waals surface area contributed by atoms with Crippen LogP contribution in [-0.2, 0) is 6.42 Å². The van der Waals surface area contributed by atoms with Gasteiger partial charge < -0.3 is 10.4 Å². The van der Waals surface area contributed by atoms with Crippen LogP contribution in [-0.4, -0.2) is 11.7 Å². The van der Waals surface area contributed by atoms with Gasteiger partial charge in [-0.15, -0.1) is 0 Å². The van der Waals surface area contributed by atoms with Crippen LogP contribution in [0.25, 0.3) is 0 Å². The Morgan fingerprint density at radius 1 is 1.16 bits per heavy atom. The number of benzene rings is 2. The second-order valence-corrected chi connectivity index (χ2v) is 4.61. The van der Waals surface area contributed by atoms with E-state index in [2.05, 4.69) is 17.4 Å². The lowest BCUT2D eigenvalue weighted by Gasteiger charge is -2.15. The number of aromatic hydroxyl groups is 1. The Hall–Kier alpha value is -1.87. The molecule has 1 atom stereocenters. The van der Waals surface area contributed by atoms with Crippen molar-refractivity contribution in [2.24, 2.45) is 0 Å². The van der Waals surface area contributed by atoms with Crippen LogP contribution in [0.3, 0.4) is 0 Å². The maximum Gasteiger partial charge on any atom is 0.126 e. The van der Waals surface area contributed by atoms with E-state index >= 15 is 0 Å². The largest absolute Gasteiger partial charge is 0.508 e. The van der Waals surface area contributed by atoms with Gasteiger partial charge in [-0.2, -0.15) is 0 Å². The molecule has 0 fully saturated rings. The van der Waals surface area contributed by atoms with Crippen molar-refractivity contribution in [3.63, 3.8) is 0 Å². The normalized spacial score (nSPS) is 12.3. The molecule has 0 saturated carbocycles. The highest BCUT2D eigenvalue weighted by atomic mass is 19.1. The third-order valence-electron chi connectivity index (χ3n) is 3.17. The lowest BCUT2D eigenvalue weighted by Crippen LogP contribution is -2.21. The number of nitrogens with one attached hydrogen (secondary N) is 1. The molecule has 2 nitrogen and oxygen atoms in total. The van der Waals surface area contributed by atoms with Gasteiger partial charge in [-0.1, -0.05) is 36.4 Å². The van der Waals surface area contributed by atoms with E-state index in [1.165, 1.54) is 11.6 Å². The fraction of sp³-hybridized carbons (Fsp3) is 0.250. The van der Waals surface area contributed by atoms with Gasteiger partial charge in [0.15, 0.2) is 0 Å². The Morgan fingerprint density at radius 3 is 2.58 bits per heavy atom. The van der Waals surface area contributed by atoms with Crippen molar-refractivity contribution in [1.82, 2.24) is 5.32 Å². The van der Waals surface area contributed by atoms with Crippen LogP contribution in [0.1, 0.15) is 24.1 Å². The summed E-state index contributed by atoms with van der Waals surface area (Å²) in [7, 11) is 0. The first-order valence-electron chi connectivity index (χ1n) is 6.42. The van der Waals surface area contributed by atoms with Crippen LogP contribution < -0.4 is 5.32 Å². The summed E-state index contributed by atoms with van der Waals surface area (Å²) in [6.45, 7) is 2.76. The van der Waals surface area contributed by atoms with Gasteiger partial charge in [0.05, 0.1) is 0 Å². The first kappa shape index (κ1) is 13.6. The van der Waals surface area contributed by atoms with Crippen LogP contribution >= 0.6 is 0 Å². The minimum absolute atomic E-state index is 0.000267. The Bertz CT molecular complexity index is 528. The van der Waals surface area contributed by atoms with Gasteiger partial charge in [-0.3, -0.25) is 0 Å². The SMILES string of the molecule is CC(NCCc1ccccc1)c1ccc(F)cc1O. The highest BCUT2D eigenvalue weighted by molar-refractivity contribution is 5.34. The molecule has 0 saturated heterocycles. The maximum absolute atomic E-state index is 12.9. The standard InChI is InChI=1S/C16H18FNO/c1-12(15-8-7-14(17)11-16(15)19)18-10-9-13-5-3-2-4-6-13/h2-8,11-12,18-19H,9-10H2,1H3. The summed E-state index contributed by atoms with van der Waals surface area (Å²) in [5.41, 5.74) is 1.99. The van der Waals surface area contributed by atoms with E-state index in [0.29, 0.717) is 0 Å². The summed E-state index contributed by atoms with van der Waals surface area (Å²) in [6.07, 6.45) is 0.924. The number of phenolic OH excluding ortho intramolecular Hbond substituents is 1. The molecule has 0 aromatic heterocycles. The lowest BCUT2D eigenvalue weighted by atomic mass is 10.1. The van der Waals surface area contributed by atoms with E-state index in [1.54, 1.807) is 6.07 Å². The first-order chi connectivity index (χ1) is 9.16. The van der Waals surface area contributed by atoms with Crippen LogP contribution in [0, 0.1) is 5.82 Å². The van der Waals surface area contributed by atoms with Gasteiger partial charge in [0.25, 0.3) is 0 Å². The summed E-state index contributed by atoms with van der Waals surface area (Å²) in [4.78, 5) is 0. The second kappa shape index (κ2) is 6.34. The second-order valence-electron chi connectivity index (χ2n) is 4.61. The molecule has 0 aliphatic carbocycles. The molecule has 2 aromatic rings. The van der Waals surface area contributed by atoms with E-state index in [0.717, 1.165) is 24.6 Å². The Kier molecular flexibility index (Phi) is 4.53. The average molecular weight is 259 g/mol. The highest BCUT2D eigenvalue weighted by Crippen LogP contribution is 2.24. The number of hydrogen-bond donors (Lipinski definition) is 2. The Balaban J connectivity index is 1.89. The molecule has 2 N–H and O–H groups in total. The first-order valence-corrected chi connectivity index (χ1v) is 6.42. The third-order valence-corrected chi connectivity index (χ3v) is 3.17. The predicted molar refractivity (Wildman–Crippen MR) is 74.6 cm³/mol. The third kappa shape index (κ3) is 3.80. The number of phenols is 1. The van der Waals surface area contributed by atoms with Crippen molar-refractivity contribution in [1.29, 1.82) is 0 Å². The van der Waals surface area contributed by atoms with Crippen LogP contribution in [0.2, 0.25) is 0 Å². The highest BCUT2D eigenvalue weighted by Gasteiger charge is 2.10. The summed E-state index contributed by atoms with van der Waals surface area (Å²) in [6, 6.07) is 14.3. The van der Waals surface area contributed by atoms with E-state index in [9.17, 15) is 9.50 Å². The molecule has 3 heteroatoms. The molecule has 0 bridgehead atoms. The zero-order valence-corrected chi connectivity index (χ0v) is 10.9. The fourth-order valence-electron chi connectivity index (χ4n) is 2.07. The van der Waals surface area contributed by atoms with Gasteiger partial charge >= 0.3 is 0 Å². The molecular formula is C16H18FNO. The molecule has 0 heterocycles. The molecular weight excluding hydrogens is 241 g/mol. The van der Waals surface area contributed by atoms with Gasteiger partial charge in [0, 0.05) is 17.7 Å². The van der Waals surface area contributed by atoms with Gasteiger partial charge in [-0.25, -0.2) is 4.39 Å². The molecule has 19 heavy (non-hydrogen) atoms. The average Bonchev–Trinajstić information content (AvgIpc) is 2.39. The summed E-state index contributed by atoms with van der Waals surface area (Å²) in [5, 5.41) is 13.0. The molecule has 0 amide bonds. The molecule has 0 radical (unpaired) electrons. The quantitative estimate of drug-likeness (QED) is 0.862. The molecule has 0 spiro atoms. The topological polar surface area (TPSA) is 32.3 Å². The molecule has 0 aliphatic heterocycles. The van der Waals surface area contributed by atoms with Crippen LogP contribution in [0.4, 0.5) is 4.39 Å². The van der Waals surface area contributed by atoms with Crippen molar-refractivity contribution in [3.8, 4) is 5.75 Å². The van der Waals surface area contributed by atoms with E-state index in [-0.39, 0.29) is 11.8 Å². The fourth-order valence-corrected chi connectivity index (χ4v) is 2.07.